The summed E-state index contributed by atoms with van der Waals surface area (Å²) >= 11 is 0. The van der Waals surface area contributed by atoms with Crippen molar-refractivity contribution in [2.24, 2.45) is 0 Å². The summed E-state index contributed by atoms with van der Waals surface area (Å²) in [6.45, 7) is 0.882. The summed E-state index contributed by atoms with van der Waals surface area (Å²) in [5, 5.41) is 2.72. The molecule has 2 amide bonds. The average Bonchev–Trinajstić information content (AvgIpc) is 2.84. The Morgan fingerprint density at radius 2 is 1.87 bits per heavy atom. The minimum atomic E-state index is -1.16. The summed E-state index contributed by atoms with van der Waals surface area (Å²) in [4.78, 5) is 35.8. The molecule has 158 valence electrons. The van der Waals surface area contributed by atoms with Crippen molar-refractivity contribution in [3.8, 4) is 11.1 Å². The van der Waals surface area contributed by atoms with Gasteiger partial charge in [0.25, 0.3) is 11.8 Å². The van der Waals surface area contributed by atoms with Crippen LogP contribution >= 0.6 is 0 Å². The van der Waals surface area contributed by atoms with Crippen LogP contribution in [-0.4, -0.2) is 59.0 Å². The molecule has 4 rings (SSSR count). The Morgan fingerprint density at radius 1 is 1.06 bits per heavy atom. The van der Waals surface area contributed by atoms with Crippen molar-refractivity contribution in [3.63, 3.8) is 0 Å². The zero-order chi connectivity index (χ0) is 21.7. The second kappa shape index (κ2) is 9.06. The Hall–Kier alpha value is -3.58. The quantitative estimate of drug-likeness (QED) is 0.690. The van der Waals surface area contributed by atoms with Crippen LogP contribution in [0.15, 0.2) is 73.3 Å². The van der Waals surface area contributed by atoms with E-state index in [0.29, 0.717) is 18.5 Å². The van der Waals surface area contributed by atoms with Gasteiger partial charge in [0.15, 0.2) is 5.60 Å². The monoisotopic (exact) mass is 416 g/mol. The van der Waals surface area contributed by atoms with Crippen LogP contribution in [0.25, 0.3) is 11.1 Å². The lowest BCUT2D eigenvalue weighted by molar-refractivity contribution is -0.156. The first-order valence-electron chi connectivity index (χ1n) is 10.2. The van der Waals surface area contributed by atoms with Gasteiger partial charge in [-0.1, -0.05) is 30.3 Å². The van der Waals surface area contributed by atoms with Crippen LogP contribution in [0, 0.1) is 0 Å². The highest BCUT2D eigenvalue weighted by molar-refractivity contribution is 5.95. The zero-order valence-electron chi connectivity index (χ0n) is 17.3. The smallest absolute Gasteiger partial charge is 0.254 e. The highest BCUT2D eigenvalue weighted by Gasteiger charge is 2.44. The zero-order valence-corrected chi connectivity index (χ0v) is 17.3. The summed E-state index contributed by atoms with van der Waals surface area (Å²) in [6, 6.07) is 15.2. The van der Waals surface area contributed by atoms with Crippen LogP contribution in [0.5, 0.6) is 0 Å². The molecule has 1 aromatic carbocycles. The first-order valence-corrected chi connectivity index (χ1v) is 10.2. The molecular weight excluding hydrogens is 392 g/mol. The Labute approximate surface area is 181 Å². The van der Waals surface area contributed by atoms with E-state index in [1.165, 1.54) is 0 Å². The number of hydrogen-bond donors (Lipinski definition) is 1. The van der Waals surface area contributed by atoms with Gasteiger partial charge in [0.05, 0.1) is 13.2 Å². The first kappa shape index (κ1) is 20.7. The molecule has 2 aromatic heterocycles. The number of amides is 2. The molecule has 3 heterocycles. The number of carbonyl (C=O) groups excluding carboxylic acids is 2. The first-order chi connectivity index (χ1) is 15.1. The molecule has 0 aliphatic carbocycles. The third-order valence-electron chi connectivity index (χ3n) is 5.45. The van der Waals surface area contributed by atoms with Crippen LogP contribution in [0.2, 0.25) is 0 Å². The molecule has 0 radical (unpaired) electrons. The normalized spacial score (nSPS) is 18.4. The molecule has 0 saturated carbocycles. The number of hydrogen-bond acceptors (Lipinski definition) is 5. The lowest BCUT2D eigenvalue weighted by Crippen LogP contribution is -2.61. The molecule has 0 unspecified atom stereocenters. The molecule has 31 heavy (non-hydrogen) atoms. The summed E-state index contributed by atoms with van der Waals surface area (Å²) in [5.41, 5.74) is 2.34. The van der Waals surface area contributed by atoms with Crippen molar-refractivity contribution in [2.45, 2.75) is 12.0 Å². The summed E-state index contributed by atoms with van der Waals surface area (Å²) in [7, 11) is 1.59. The lowest BCUT2D eigenvalue weighted by Gasteiger charge is -2.41. The fourth-order valence-electron chi connectivity index (χ4n) is 3.91. The standard InChI is InChI=1S/C24H24N4O3/c1-25-23(30)24(15-18-4-2-5-20(14-18)21-6-3-9-27-16-21)17-28(12-13-31-24)22(29)19-7-10-26-11-8-19/h2-11,14,16H,12-13,15,17H2,1H3,(H,25,30)/t24-/m0/s1. The van der Waals surface area contributed by atoms with Gasteiger partial charge in [0.1, 0.15) is 0 Å². The highest BCUT2D eigenvalue weighted by atomic mass is 16.5. The fourth-order valence-corrected chi connectivity index (χ4v) is 3.91. The number of aromatic nitrogens is 2. The van der Waals surface area contributed by atoms with Crippen molar-refractivity contribution in [1.82, 2.24) is 20.2 Å². The van der Waals surface area contributed by atoms with E-state index in [9.17, 15) is 9.59 Å². The lowest BCUT2D eigenvalue weighted by atomic mass is 9.89. The molecule has 1 fully saturated rings. The van der Waals surface area contributed by atoms with E-state index in [1.54, 1.807) is 48.9 Å². The van der Waals surface area contributed by atoms with Gasteiger partial charge in [-0.3, -0.25) is 19.6 Å². The van der Waals surface area contributed by atoms with Crippen LogP contribution in [0.1, 0.15) is 15.9 Å². The van der Waals surface area contributed by atoms with Gasteiger partial charge in [-0.2, -0.15) is 0 Å². The van der Waals surface area contributed by atoms with E-state index in [1.807, 2.05) is 36.4 Å². The van der Waals surface area contributed by atoms with Gasteiger partial charge in [-0.05, 0) is 34.9 Å². The number of nitrogens with one attached hydrogen (secondary N) is 1. The Kier molecular flexibility index (Phi) is 6.04. The second-order valence-electron chi connectivity index (χ2n) is 7.50. The average molecular weight is 416 g/mol. The SMILES string of the molecule is CNC(=O)[C@]1(Cc2cccc(-c3cccnc3)c2)CN(C(=O)c2ccncc2)CCO1. The maximum Gasteiger partial charge on any atom is 0.254 e. The number of morpholine rings is 1. The number of nitrogens with zero attached hydrogens (tertiary/aromatic N) is 3. The summed E-state index contributed by atoms with van der Waals surface area (Å²) in [6.07, 6.45) is 7.06. The minimum absolute atomic E-state index is 0.136. The van der Waals surface area contributed by atoms with E-state index in [2.05, 4.69) is 15.3 Å². The molecule has 3 aromatic rings. The predicted octanol–water partition coefficient (Wildman–Crippen LogP) is 2.34. The van der Waals surface area contributed by atoms with E-state index in [-0.39, 0.29) is 25.0 Å². The summed E-state index contributed by atoms with van der Waals surface area (Å²) in [5.74, 6) is -0.380. The number of pyridine rings is 2. The molecule has 1 aliphatic heterocycles. The third-order valence-corrected chi connectivity index (χ3v) is 5.45. The highest BCUT2D eigenvalue weighted by Crippen LogP contribution is 2.27. The Bertz CT molecular complexity index is 1060. The molecule has 1 atom stereocenters. The molecule has 1 saturated heterocycles. The largest absolute Gasteiger partial charge is 0.361 e. The maximum absolute atomic E-state index is 13.0. The number of carbonyl (C=O) groups is 2. The molecule has 0 spiro atoms. The van der Waals surface area contributed by atoms with Gasteiger partial charge in [0, 0.05) is 50.4 Å². The van der Waals surface area contributed by atoms with Gasteiger partial charge in [-0.15, -0.1) is 0 Å². The predicted molar refractivity (Wildman–Crippen MR) is 116 cm³/mol. The van der Waals surface area contributed by atoms with Gasteiger partial charge in [0.2, 0.25) is 0 Å². The van der Waals surface area contributed by atoms with Crippen LogP contribution in [0.3, 0.4) is 0 Å². The van der Waals surface area contributed by atoms with Crippen LogP contribution in [0.4, 0.5) is 0 Å². The van der Waals surface area contributed by atoms with Gasteiger partial charge >= 0.3 is 0 Å². The second-order valence-corrected chi connectivity index (χ2v) is 7.50. The van der Waals surface area contributed by atoms with Crippen molar-refractivity contribution < 1.29 is 14.3 Å². The van der Waals surface area contributed by atoms with Crippen LogP contribution < -0.4 is 5.32 Å². The van der Waals surface area contributed by atoms with E-state index in [4.69, 9.17) is 4.74 Å². The van der Waals surface area contributed by atoms with Gasteiger partial charge < -0.3 is 15.0 Å². The third kappa shape index (κ3) is 4.46. The van der Waals surface area contributed by atoms with E-state index < -0.39 is 5.60 Å². The minimum Gasteiger partial charge on any atom is -0.361 e. The number of benzene rings is 1. The van der Waals surface area contributed by atoms with Crippen molar-refractivity contribution in [3.05, 3.63) is 84.4 Å². The molecule has 0 bridgehead atoms. The fraction of sp³-hybridized carbons (Fsp3) is 0.250. The topological polar surface area (TPSA) is 84.4 Å². The van der Waals surface area contributed by atoms with E-state index in [0.717, 1.165) is 16.7 Å². The Morgan fingerprint density at radius 3 is 2.61 bits per heavy atom. The van der Waals surface area contributed by atoms with Crippen LogP contribution in [-0.2, 0) is 16.0 Å². The number of ether oxygens (including phenoxy) is 1. The van der Waals surface area contributed by atoms with E-state index >= 15 is 0 Å². The van der Waals surface area contributed by atoms with Crippen molar-refractivity contribution in [2.75, 3.05) is 26.7 Å². The van der Waals surface area contributed by atoms with Crippen molar-refractivity contribution in [1.29, 1.82) is 0 Å². The molecule has 1 N–H and O–H groups in total. The van der Waals surface area contributed by atoms with Crippen molar-refractivity contribution >= 4 is 11.8 Å². The Balaban J connectivity index is 1.61. The number of likely N-dealkylation sites (N-methyl/N-ethyl adjacent to an activating group) is 1. The maximum atomic E-state index is 13.0. The molecular formula is C24H24N4O3. The molecule has 7 nitrogen and oxygen atoms in total. The molecule has 7 heteroatoms. The number of rotatable bonds is 5. The molecule has 1 aliphatic rings. The van der Waals surface area contributed by atoms with Gasteiger partial charge in [-0.25, -0.2) is 0 Å². The summed E-state index contributed by atoms with van der Waals surface area (Å²) < 4.78 is 6.05.